The molecule has 2 unspecified atom stereocenters. The fourth-order valence-electron chi connectivity index (χ4n) is 1.70. The Labute approximate surface area is 107 Å². The first-order chi connectivity index (χ1) is 8.22. The third-order valence-corrected chi connectivity index (χ3v) is 4.03. The summed E-state index contributed by atoms with van der Waals surface area (Å²) < 4.78 is 39.8. The SMILES string of the molecule is Cc1ccc(F)c(S(=O)(=O)NC(C)CC(C)O)c1. The first-order valence-corrected chi connectivity index (χ1v) is 7.17. The van der Waals surface area contributed by atoms with Gasteiger partial charge in [-0.05, 0) is 44.9 Å². The smallest absolute Gasteiger partial charge is 0.243 e. The highest BCUT2D eigenvalue weighted by molar-refractivity contribution is 7.89. The molecular weight excluding hydrogens is 257 g/mol. The van der Waals surface area contributed by atoms with Gasteiger partial charge in [0.05, 0.1) is 6.10 Å². The molecule has 102 valence electrons. The van der Waals surface area contributed by atoms with Gasteiger partial charge in [0, 0.05) is 6.04 Å². The average Bonchev–Trinajstić information content (AvgIpc) is 2.19. The Morgan fingerprint density at radius 1 is 1.39 bits per heavy atom. The van der Waals surface area contributed by atoms with Crippen molar-refractivity contribution in [1.82, 2.24) is 4.72 Å². The average molecular weight is 275 g/mol. The third-order valence-electron chi connectivity index (χ3n) is 2.43. The lowest BCUT2D eigenvalue weighted by atomic mass is 10.2. The molecule has 2 atom stereocenters. The molecule has 1 aromatic rings. The number of aryl methyl sites for hydroxylation is 1. The third kappa shape index (κ3) is 4.04. The summed E-state index contributed by atoms with van der Waals surface area (Å²) in [6, 6.07) is 3.46. The predicted octanol–water partition coefficient (Wildman–Crippen LogP) is 1.57. The molecule has 0 heterocycles. The second kappa shape index (κ2) is 5.77. The van der Waals surface area contributed by atoms with Crippen molar-refractivity contribution < 1.29 is 17.9 Å². The lowest BCUT2D eigenvalue weighted by molar-refractivity contribution is 0.175. The molecule has 0 radical (unpaired) electrons. The quantitative estimate of drug-likeness (QED) is 0.857. The zero-order valence-corrected chi connectivity index (χ0v) is 11.5. The Kier molecular flexibility index (Phi) is 4.84. The summed E-state index contributed by atoms with van der Waals surface area (Å²) >= 11 is 0. The lowest BCUT2D eigenvalue weighted by Gasteiger charge is -2.16. The Morgan fingerprint density at radius 2 is 2.00 bits per heavy atom. The topological polar surface area (TPSA) is 66.4 Å². The van der Waals surface area contributed by atoms with Gasteiger partial charge in [-0.25, -0.2) is 17.5 Å². The molecule has 0 saturated heterocycles. The molecule has 0 fully saturated rings. The maximum absolute atomic E-state index is 13.5. The van der Waals surface area contributed by atoms with Gasteiger partial charge in [-0.2, -0.15) is 0 Å². The van der Waals surface area contributed by atoms with E-state index in [2.05, 4.69) is 4.72 Å². The van der Waals surface area contributed by atoms with Crippen LogP contribution < -0.4 is 4.72 Å². The van der Waals surface area contributed by atoms with E-state index in [1.54, 1.807) is 20.8 Å². The Bertz CT molecular complexity index is 514. The standard InChI is InChI=1S/C12H18FNO3S/c1-8-4-5-11(13)12(6-8)18(16,17)14-9(2)7-10(3)15/h4-6,9-10,14-15H,7H2,1-3H3. The van der Waals surface area contributed by atoms with E-state index in [0.717, 1.165) is 6.07 Å². The van der Waals surface area contributed by atoms with E-state index in [1.807, 2.05) is 0 Å². The highest BCUT2D eigenvalue weighted by atomic mass is 32.2. The van der Waals surface area contributed by atoms with Gasteiger partial charge < -0.3 is 5.11 Å². The molecule has 18 heavy (non-hydrogen) atoms. The van der Waals surface area contributed by atoms with Crippen molar-refractivity contribution in [2.75, 3.05) is 0 Å². The minimum atomic E-state index is -3.89. The second-order valence-electron chi connectivity index (χ2n) is 4.54. The number of rotatable bonds is 5. The van der Waals surface area contributed by atoms with E-state index < -0.39 is 28.0 Å². The van der Waals surface area contributed by atoms with Crippen LogP contribution in [0.2, 0.25) is 0 Å². The normalized spacial score (nSPS) is 15.4. The molecule has 0 aromatic heterocycles. The van der Waals surface area contributed by atoms with Crippen molar-refractivity contribution in [3.8, 4) is 0 Å². The Balaban J connectivity index is 2.96. The molecular formula is C12H18FNO3S. The minimum Gasteiger partial charge on any atom is -0.393 e. The molecule has 0 aliphatic rings. The van der Waals surface area contributed by atoms with Crippen molar-refractivity contribution in [3.05, 3.63) is 29.6 Å². The van der Waals surface area contributed by atoms with Crippen molar-refractivity contribution in [3.63, 3.8) is 0 Å². The zero-order chi connectivity index (χ0) is 13.9. The summed E-state index contributed by atoms with van der Waals surface area (Å²) in [7, 11) is -3.89. The van der Waals surface area contributed by atoms with E-state index in [4.69, 9.17) is 0 Å². The van der Waals surface area contributed by atoms with Gasteiger partial charge in [0.2, 0.25) is 10.0 Å². The van der Waals surface area contributed by atoms with Gasteiger partial charge in [0.15, 0.2) is 0 Å². The predicted molar refractivity (Wildman–Crippen MR) is 67.2 cm³/mol. The molecule has 0 bridgehead atoms. The fraction of sp³-hybridized carbons (Fsp3) is 0.500. The summed E-state index contributed by atoms with van der Waals surface area (Å²) in [4.78, 5) is -0.361. The van der Waals surface area contributed by atoms with Gasteiger partial charge in [0.25, 0.3) is 0 Å². The maximum atomic E-state index is 13.5. The molecule has 0 amide bonds. The van der Waals surface area contributed by atoms with E-state index in [9.17, 15) is 17.9 Å². The molecule has 2 N–H and O–H groups in total. The van der Waals surface area contributed by atoms with Gasteiger partial charge in [-0.15, -0.1) is 0 Å². The molecule has 0 aliphatic carbocycles. The summed E-state index contributed by atoms with van der Waals surface area (Å²) in [5, 5.41) is 9.18. The molecule has 4 nitrogen and oxygen atoms in total. The first-order valence-electron chi connectivity index (χ1n) is 5.69. The Morgan fingerprint density at radius 3 is 2.56 bits per heavy atom. The number of aliphatic hydroxyl groups is 1. The van der Waals surface area contributed by atoms with Crippen LogP contribution in [0.4, 0.5) is 4.39 Å². The van der Waals surface area contributed by atoms with Crippen LogP contribution in [0, 0.1) is 12.7 Å². The first kappa shape index (κ1) is 15.1. The lowest BCUT2D eigenvalue weighted by Crippen LogP contribution is -2.35. The van der Waals surface area contributed by atoms with E-state index in [0.29, 0.717) is 5.56 Å². The van der Waals surface area contributed by atoms with Crippen molar-refractivity contribution in [1.29, 1.82) is 0 Å². The number of benzene rings is 1. The number of sulfonamides is 1. The summed E-state index contributed by atoms with van der Waals surface area (Å²) in [6.45, 7) is 4.88. The second-order valence-corrected chi connectivity index (χ2v) is 6.22. The van der Waals surface area contributed by atoms with Crippen LogP contribution in [0.15, 0.2) is 23.1 Å². The van der Waals surface area contributed by atoms with Crippen LogP contribution >= 0.6 is 0 Å². The van der Waals surface area contributed by atoms with E-state index in [1.165, 1.54) is 12.1 Å². The fourth-order valence-corrected chi connectivity index (χ4v) is 3.12. The Hall–Kier alpha value is -0.980. The number of hydrogen-bond acceptors (Lipinski definition) is 3. The zero-order valence-electron chi connectivity index (χ0n) is 10.6. The molecule has 0 saturated carbocycles. The van der Waals surface area contributed by atoms with Crippen LogP contribution in [0.25, 0.3) is 0 Å². The van der Waals surface area contributed by atoms with Crippen LogP contribution in [0.3, 0.4) is 0 Å². The maximum Gasteiger partial charge on any atom is 0.243 e. The largest absolute Gasteiger partial charge is 0.393 e. The van der Waals surface area contributed by atoms with Crippen LogP contribution in [-0.2, 0) is 10.0 Å². The van der Waals surface area contributed by atoms with Gasteiger partial charge >= 0.3 is 0 Å². The number of halogens is 1. The van der Waals surface area contributed by atoms with E-state index >= 15 is 0 Å². The molecule has 1 aromatic carbocycles. The van der Waals surface area contributed by atoms with Gasteiger partial charge in [-0.1, -0.05) is 6.07 Å². The number of aliphatic hydroxyl groups excluding tert-OH is 1. The van der Waals surface area contributed by atoms with Crippen molar-refractivity contribution in [2.24, 2.45) is 0 Å². The summed E-state index contributed by atoms with van der Waals surface area (Å²) in [5.41, 5.74) is 0.667. The monoisotopic (exact) mass is 275 g/mol. The molecule has 0 aliphatic heterocycles. The van der Waals surface area contributed by atoms with Crippen LogP contribution in [0.1, 0.15) is 25.8 Å². The van der Waals surface area contributed by atoms with Crippen LogP contribution in [0.5, 0.6) is 0 Å². The van der Waals surface area contributed by atoms with E-state index in [-0.39, 0.29) is 11.3 Å². The molecule has 0 spiro atoms. The molecule has 6 heteroatoms. The molecule has 1 rings (SSSR count). The summed E-state index contributed by atoms with van der Waals surface area (Å²) in [6.07, 6.45) is -0.350. The van der Waals surface area contributed by atoms with Crippen LogP contribution in [-0.4, -0.2) is 25.7 Å². The van der Waals surface area contributed by atoms with Crippen molar-refractivity contribution in [2.45, 2.75) is 44.2 Å². The minimum absolute atomic E-state index is 0.271. The highest BCUT2D eigenvalue weighted by Crippen LogP contribution is 2.16. The van der Waals surface area contributed by atoms with Crippen molar-refractivity contribution >= 4 is 10.0 Å². The number of hydrogen-bond donors (Lipinski definition) is 2. The van der Waals surface area contributed by atoms with Gasteiger partial charge in [0.1, 0.15) is 10.7 Å². The van der Waals surface area contributed by atoms with Gasteiger partial charge in [-0.3, -0.25) is 0 Å². The summed E-state index contributed by atoms with van der Waals surface area (Å²) in [5.74, 6) is -0.780. The number of nitrogens with one attached hydrogen (secondary N) is 1. The highest BCUT2D eigenvalue weighted by Gasteiger charge is 2.21.